The van der Waals surface area contributed by atoms with E-state index in [9.17, 15) is 0 Å². The molecule has 0 radical (unpaired) electrons. The SMILES string of the molecule is OC[C@@H]1C[C@@H]2C[C@@H]2N1. The Labute approximate surface area is 48.9 Å². The molecule has 0 unspecified atom stereocenters. The number of aliphatic hydroxyl groups excluding tert-OH is 1. The Morgan fingerprint density at radius 3 is 2.75 bits per heavy atom. The fourth-order valence-electron chi connectivity index (χ4n) is 1.58. The molecule has 46 valence electrons. The van der Waals surface area contributed by atoms with Crippen molar-refractivity contribution in [1.29, 1.82) is 0 Å². The van der Waals surface area contributed by atoms with Crippen molar-refractivity contribution in [1.82, 2.24) is 5.32 Å². The van der Waals surface area contributed by atoms with E-state index < -0.39 is 0 Å². The van der Waals surface area contributed by atoms with Gasteiger partial charge >= 0.3 is 0 Å². The van der Waals surface area contributed by atoms with Crippen molar-refractivity contribution >= 4 is 0 Å². The molecule has 8 heavy (non-hydrogen) atoms. The summed E-state index contributed by atoms with van der Waals surface area (Å²) in [5.41, 5.74) is 0. The van der Waals surface area contributed by atoms with Crippen molar-refractivity contribution in [2.24, 2.45) is 5.92 Å². The number of rotatable bonds is 1. The quantitative estimate of drug-likeness (QED) is 0.490. The van der Waals surface area contributed by atoms with Crippen LogP contribution in [0.1, 0.15) is 12.8 Å². The molecule has 2 nitrogen and oxygen atoms in total. The van der Waals surface area contributed by atoms with E-state index in [2.05, 4.69) is 5.32 Å². The standard InChI is InChI=1S/C6H11NO/c8-3-5-1-4-2-6(4)7-5/h4-8H,1-3H2/t4-,5+,6+/m1/s1. The highest BCUT2D eigenvalue weighted by Gasteiger charge is 2.45. The molecule has 2 aliphatic rings. The first-order valence-corrected chi connectivity index (χ1v) is 3.27. The lowest BCUT2D eigenvalue weighted by atomic mass is 10.2. The van der Waals surface area contributed by atoms with Crippen LogP contribution in [0, 0.1) is 5.92 Å². The zero-order valence-corrected chi connectivity index (χ0v) is 4.80. The summed E-state index contributed by atoms with van der Waals surface area (Å²) in [6.45, 7) is 0.326. The van der Waals surface area contributed by atoms with Gasteiger partial charge in [0.15, 0.2) is 0 Å². The number of piperidine rings is 1. The Morgan fingerprint density at radius 1 is 1.50 bits per heavy atom. The van der Waals surface area contributed by atoms with E-state index in [4.69, 9.17) is 5.11 Å². The summed E-state index contributed by atoms with van der Waals surface area (Å²) < 4.78 is 0. The van der Waals surface area contributed by atoms with E-state index in [1.165, 1.54) is 12.8 Å². The van der Waals surface area contributed by atoms with Gasteiger partial charge in [0.05, 0.1) is 6.61 Å². The Kier molecular flexibility index (Phi) is 0.866. The summed E-state index contributed by atoms with van der Waals surface area (Å²) in [7, 11) is 0. The topological polar surface area (TPSA) is 32.3 Å². The van der Waals surface area contributed by atoms with Crippen molar-refractivity contribution in [3.05, 3.63) is 0 Å². The van der Waals surface area contributed by atoms with Crippen LogP contribution >= 0.6 is 0 Å². The lowest BCUT2D eigenvalue weighted by Crippen LogP contribution is -2.28. The first-order chi connectivity index (χ1) is 3.90. The normalized spacial score (nSPS) is 51.4. The van der Waals surface area contributed by atoms with Gasteiger partial charge in [-0.15, -0.1) is 0 Å². The second-order valence-electron chi connectivity index (χ2n) is 2.88. The molecule has 1 aliphatic carbocycles. The molecule has 0 aromatic carbocycles. The molecule has 2 rings (SSSR count). The first-order valence-electron chi connectivity index (χ1n) is 3.27. The maximum atomic E-state index is 8.64. The summed E-state index contributed by atoms with van der Waals surface area (Å²) in [6.07, 6.45) is 2.57. The molecule has 2 fully saturated rings. The van der Waals surface area contributed by atoms with E-state index >= 15 is 0 Å². The van der Waals surface area contributed by atoms with Gasteiger partial charge in [-0.1, -0.05) is 0 Å². The van der Waals surface area contributed by atoms with Crippen molar-refractivity contribution in [2.75, 3.05) is 6.61 Å². The van der Waals surface area contributed by atoms with Gasteiger partial charge in [0, 0.05) is 12.1 Å². The van der Waals surface area contributed by atoms with Crippen LogP contribution < -0.4 is 5.32 Å². The Morgan fingerprint density at radius 2 is 2.38 bits per heavy atom. The number of hydrogen-bond donors (Lipinski definition) is 2. The van der Waals surface area contributed by atoms with Crippen LogP contribution in [0.3, 0.4) is 0 Å². The van der Waals surface area contributed by atoms with Crippen LogP contribution in [0.15, 0.2) is 0 Å². The largest absolute Gasteiger partial charge is 0.395 e. The predicted molar refractivity (Wildman–Crippen MR) is 30.5 cm³/mol. The minimum absolute atomic E-state index is 0.326. The van der Waals surface area contributed by atoms with E-state index in [1.807, 2.05) is 0 Å². The predicted octanol–water partition coefficient (Wildman–Crippen LogP) is -0.271. The summed E-state index contributed by atoms with van der Waals surface area (Å²) in [6, 6.07) is 1.21. The number of hydrogen-bond acceptors (Lipinski definition) is 2. The molecule has 0 amide bonds. The summed E-state index contributed by atoms with van der Waals surface area (Å²) >= 11 is 0. The monoisotopic (exact) mass is 113 g/mol. The second kappa shape index (κ2) is 1.45. The average Bonchev–Trinajstić information content (AvgIpc) is 2.40. The van der Waals surface area contributed by atoms with Gasteiger partial charge in [0.2, 0.25) is 0 Å². The van der Waals surface area contributed by atoms with E-state index in [0.717, 1.165) is 12.0 Å². The second-order valence-corrected chi connectivity index (χ2v) is 2.88. The molecule has 3 atom stereocenters. The number of fused-ring (bicyclic) bond motifs is 1. The Balaban J connectivity index is 1.89. The van der Waals surface area contributed by atoms with E-state index in [0.29, 0.717) is 12.6 Å². The van der Waals surface area contributed by atoms with E-state index in [1.54, 1.807) is 0 Å². The average molecular weight is 113 g/mol. The zero-order chi connectivity index (χ0) is 5.56. The van der Waals surface area contributed by atoms with Gasteiger partial charge < -0.3 is 10.4 Å². The highest BCUT2D eigenvalue weighted by atomic mass is 16.3. The minimum atomic E-state index is 0.326. The van der Waals surface area contributed by atoms with Crippen LogP contribution in [-0.4, -0.2) is 23.8 Å². The Hall–Kier alpha value is -0.0800. The molecule has 0 bridgehead atoms. The van der Waals surface area contributed by atoms with Crippen LogP contribution in [0.5, 0.6) is 0 Å². The zero-order valence-electron chi connectivity index (χ0n) is 4.80. The van der Waals surface area contributed by atoms with Crippen molar-refractivity contribution < 1.29 is 5.11 Å². The molecule has 1 aliphatic heterocycles. The molecule has 2 heteroatoms. The van der Waals surface area contributed by atoms with Gasteiger partial charge in [-0.2, -0.15) is 0 Å². The highest BCUT2D eigenvalue weighted by Crippen LogP contribution is 2.40. The van der Waals surface area contributed by atoms with Crippen LogP contribution in [0.25, 0.3) is 0 Å². The number of nitrogens with one attached hydrogen (secondary N) is 1. The third kappa shape index (κ3) is 0.565. The molecule has 1 saturated carbocycles. The van der Waals surface area contributed by atoms with Gasteiger partial charge in [-0.05, 0) is 18.8 Å². The van der Waals surface area contributed by atoms with Crippen molar-refractivity contribution in [3.63, 3.8) is 0 Å². The van der Waals surface area contributed by atoms with Crippen LogP contribution in [0.2, 0.25) is 0 Å². The van der Waals surface area contributed by atoms with Crippen LogP contribution in [0.4, 0.5) is 0 Å². The van der Waals surface area contributed by atoms with Gasteiger partial charge in [-0.25, -0.2) is 0 Å². The maximum absolute atomic E-state index is 8.64. The smallest absolute Gasteiger partial charge is 0.0584 e. The van der Waals surface area contributed by atoms with Gasteiger partial charge in [0.25, 0.3) is 0 Å². The van der Waals surface area contributed by atoms with Crippen LogP contribution in [-0.2, 0) is 0 Å². The maximum Gasteiger partial charge on any atom is 0.0584 e. The molecule has 1 saturated heterocycles. The van der Waals surface area contributed by atoms with Gasteiger partial charge in [0.1, 0.15) is 0 Å². The first kappa shape index (κ1) is 4.77. The summed E-state index contributed by atoms with van der Waals surface area (Å²) in [5.74, 6) is 0.923. The molecule has 2 N–H and O–H groups in total. The fraction of sp³-hybridized carbons (Fsp3) is 1.00. The molecular formula is C6H11NO. The Bertz CT molecular complexity index is 94.7. The molecular weight excluding hydrogens is 102 g/mol. The molecule has 1 heterocycles. The van der Waals surface area contributed by atoms with Crippen molar-refractivity contribution in [2.45, 2.75) is 24.9 Å². The number of aliphatic hydroxyl groups is 1. The molecule has 0 aromatic heterocycles. The highest BCUT2D eigenvalue weighted by molar-refractivity contribution is 5.02. The lowest BCUT2D eigenvalue weighted by Gasteiger charge is -2.06. The minimum Gasteiger partial charge on any atom is -0.395 e. The summed E-state index contributed by atoms with van der Waals surface area (Å²) in [4.78, 5) is 0. The van der Waals surface area contributed by atoms with Gasteiger partial charge in [-0.3, -0.25) is 0 Å². The molecule has 0 spiro atoms. The van der Waals surface area contributed by atoms with E-state index in [-0.39, 0.29) is 0 Å². The third-order valence-electron chi connectivity index (χ3n) is 2.18. The lowest BCUT2D eigenvalue weighted by molar-refractivity contribution is 0.246. The third-order valence-corrected chi connectivity index (χ3v) is 2.18. The molecule has 0 aromatic rings. The fourth-order valence-corrected chi connectivity index (χ4v) is 1.58. The van der Waals surface area contributed by atoms with Crippen molar-refractivity contribution in [3.8, 4) is 0 Å². The summed E-state index contributed by atoms with van der Waals surface area (Å²) in [5, 5.41) is 12.0.